The number of benzene rings is 1. The number of rotatable bonds is 4. The Bertz CT molecular complexity index is 554. The molecular formula is C13H13N3OS. The summed E-state index contributed by atoms with van der Waals surface area (Å²) in [5.74, 6) is 1.45. The summed E-state index contributed by atoms with van der Waals surface area (Å²) in [7, 11) is 1.63. The van der Waals surface area contributed by atoms with Crippen LogP contribution in [0.3, 0.4) is 0 Å². The van der Waals surface area contributed by atoms with Gasteiger partial charge in [-0.05, 0) is 36.4 Å². The second-order valence-electron chi connectivity index (χ2n) is 3.62. The van der Waals surface area contributed by atoms with E-state index in [0.29, 0.717) is 10.8 Å². The summed E-state index contributed by atoms with van der Waals surface area (Å²) >= 11 is 4.98. The lowest BCUT2D eigenvalue weighted by Gasteiger charge is -2.10. The molecule has 0 amide bonds. The molecule has 0 aliphatic heterocycles. The van der Waals surface area contributed by atoms with Crippen molar-refractivity contribution in [2.75, 3.05) is 12.4 Å². The van der Waals surface area contributed by atoms with Crippen molar-refractivity contribution in [3.8, 4) is 5.75 Å². The van der Waals surface area contributed by atoms with Gasteiger partial charge in [-0.2, -0.15) is 0 Å². The Labute approximate surface area is 111 Å². The Morgan fingerprint density at radius 1 is 1.28 bits per heavy atom. The van der Waals surface area contributed by atoms with Gasteiger partial charge in [-0.25, -0.2) is 4.98 Å². The quantitative estimate of drug-likeness (QED) is 0.826. The van der Waals surface area contributed by atoms with Crippen molar-refractivity contribution >= 4 is 28.7 Å². The number of nitrogens with one attached hydrogen (secondary N) is 1. The van der Waals surface area contributed by atoms with Crippen LogP contribution in [0, 0.1) is 0 Å². The number of ether oxygens (including phenoxy) is 1. The second kappa shape index (κ2) is 5.46. The molecule has 0 aliphatic rings. The molecule has 0 bridgehead atoms. The smallest absolute Gasteiger partial charge is 0.140 e. The van der Waals surface area contributed by atoms with Crippen LogP contribution < -0.4 is 15.8 Å². The van der Waals surface area contributed by atoms with E-state index in [1.807, 2.05) is 30.3 Å². The average molecular weight is 259 g/mol. The van der Waals surface area contributed by atoms with Gasteiger partial charge in [-0.3, -0.25) is 0 Å². The molecule has 0 aliphatic carbocycles. The zero-order chi connectivity index (χ0) is 13.0. The standard InChI is InChI=1S/C13H13N3OS/c1-17-10-6-4-9(5-7-10)16-13-11(12(14)18)3-2-8-15-13/h2-8H,1H3,(H2,14,18)(H,15,16). The van der Waals surface area contributed by atoms with Crippen molar-refractivity contribution < 1.29 is 4.74 Å². The Kier molecular flexibility index (Phi) is 3.74. The van der Waals surface area contributed by atoms with Crippen LogP contribution in [0.2, 0.25) is 0 Å². The van der Waals surface area contributed by atoms with E-state index < -0.39 is 0 Å². The monoisotopic (exact) mass is 259 g/mol. The molecule has 0 saturated heterocycles. The molecule has 2 aromatic rings. The van der Waals surface area contributed by atoms with Crippen LogP contribution in [0.15, 0.2) is 42.6 Å². The molecule has 1 heterocycles. The van der Waals surface area contributed by atoms with E-state index in [9.17, 15) is 0 Å². The maximum Gasteiger partial charge on any atom is 0.140 e. The predicted molar refractivity (Wildman–Crippen MR) is 76.4 cm³/mol. The minimum absolute atomic E-state index is 0.319. The summed E-state index contributed by atoms with van der Waals surface area (Å²) in [6, 6.07) is 11.2. The van der Waals surface area contributed by atoms with Crippen LogP contribution in [-0.4, -0.2) is 17.1 Å². The van der Waals surface area contributed by atoms with Gasteiger partial charge in [0.25, 0.3) is 0 Å². The fraction of sp³-hybridized carbons (Fsp3) is 0.0769. The van der Waals surface area contributed by atoms with Crippen molar-refractivity contribution in [1.29, 1.82) is 0 Å². The maximum atomic E-state index is 5.65. The van der Waals surface area contributed by atoms with Crippen LogP contribution in [0.1, 0.15) is 5.56 Å². The first-order valence-corrected chi connectivity index (χ1v) is 5.77. The second-order valence-corrected chi connectivity index (χ2v) is 4.06. The number of aromatic nitrogens is 1. The van der Waals surface area contributed by atoms with E-state index in [1.165, 1.54) is 0 Å². The van der Waals surface area contributed by atoms with Gasteiger partial charge in [-0.15, -0.1) is 0 Å². The minimum Gasteiger partial charge on any atom is -0.497 e. The molecule has 1 aromatic heterocycles. The Balaban J connectivity index is 2.25. The number of methoxy groups -OCH3 is 1. The highest BCUT2D eigenvalue weighted by molar-refractivity contribution is 7.80. The van der Waals surface area contributed by atoms with Crippen LogP contribution in [0.25, 0.3) is 0 Å². The summed E-state index contributed by atoms with van der Waals surface area (Å²) in [5.41, 5.74) is 7.27. The van der Waals surface area contributed by atoms with E-state index in [-0.39, 0.29) is 0 Å². The third kappa shape index (κ3) is 2.75. The van der Waals surface area contributed by atoms with E-state index in [1.54, 1.807) is 19.4 Å². The van der Waals surface area contributed by atoms with Crippen molar-refractivity contribution in [1.82, 2.24) is 4.98 Å². The third-order valence-corrected chi connectivity index (χ3v) is 2.65. The zero-order valence-electron chi connectivity index (χ0n) is 9.88. The van der Waals surface area contributed by atoms with E-state index in [0.717, 1.165) is 17.0 Å². The maximum absolute atomic E-state index is 5.65. The van der Waals surface area contributed by atoms with Gasteiger partial charge < -0.3 is 15.8 Å². The van der Waals surface area contributed by atoms with Crippen molar-refractivity contribution in [2.45, 2.75) is 0 Å². The molecular weight excluding hydrogens is 246 g/mol. The molecule has 18 heavy (non-hydrogen) atoms. The predicted octanol–water partition coefficient (Wildman–Crippen LogP) is 2.47. The van der Waals surface area contributed by atoms with Crippen LogP contribution in [0.5, 0.6) is 5.75 Å². The Morgan fingerprint density at radius 2 is 2.00 bits per heavy atom. The number of nitrogens with zero attached hydrogens (tertiary/aromatic N) is 1. The third-order valence-electron chi connectivity index (χ3n) is 2.43. The van der Waals surface area contributed by atoms with Gasteiger partial charge in [0.1, 0.15) is 16.6 Å². The number of thiocarbonyl (C=S) groups is 1. The van der Waals surface area contributed by atoms with Gasteiger partial charge in [0.2, 0.25) is 0 Å². The number of nitrogens with two attached hydrogens (primary N) is 1. The number of hydrogen-bond donors (Lipinski definition) is 2. The summed E-state index contributed by atoms with van der Waals surface area (Å²) in [6.07, 6.45) is 1.69. The van der Waals surface area contributed by atoms with Gasteiger partial charge >= 0.3 is 0 Å². The molecule has 92 valence electrons. The molecule has 5 heteroatoms. The Hall–Kier alpha value is -2.14. The van der Waals surface area contributed by atoms with E-state index >= 15 is 0 Å². The van der Waals surface area contributed by atoms with Gasteiger partial charge in [0.15, 0.2) is 0 Å². The lowest BCUT2D eigenvalue weighted by atomic mass is 10.2. The molecule has 1 aromatic carbocycles. The summed E-state index contributed by atoms with van der Waals surface area (Å²) < 4.78 is 5.10. The average Bonchev–Trinajstić information content (AvgIpc) is 2.40. The molecule has 0 fully saturated rings. The van der Waals surface area contributed by atoms with Crippen LogP contribution in [-0.2, 0) is 0 Å². The lowest BCUT2D eigenvalue weighted by molar-refractivity contribution is 0.415. The summed E-state index contributed by atoms with van der Waals surface area (Å²) in [5, 5.41) is 3.17. The van der Waals surface area contributed by atoms with Crippen molar-refractivity contribution in [3.63, 3.8) is 0 Å². The summed E-state index contributed by atoms with van der Waals surface area (Å²) in [4.78, 5) is 4.55. The SMILES string of the molecule is COc1ccc(Nc2ncccc2C(N)=S)cc1. The molecule has 2 rings (SSSR count). The van der Waals surface area contributed by atoms with Gasteiger partial charge in [0, 0.05) is 11.9 Å². The van der Waals surface area contributed by atoms with Gasteiger partial charge in [-0.1, -0.05) is 12.2 Å². The van der Waals surface area contributed by atoms with Crippen molar-refractivity contribution in [3.05, 3.63) is 48.2 Å². The molecule has 4 nitrogen and oxygen atoms in total. The highest BCUT2D eigenvalue weighted by atomic mass is 32.1. The molecule has 0 spiro atoms. The normalized spacial score (nSPS) is 9.83. The van der Waals surface area contributed by atoms with Crippen molar-refractivity contribution in [2.24, 2.45) is 5.73 Å². The number of anilines is 2. The number of hydrogen-bond acceptors (Lipinski definition) is 4. The first kappa shape index (κ1) is 12.3. The molecule has 0 radical (unpaired) electrons. The van der Waals surface area contributed by atoms with E-state index in [2.05, 4.69) is 10.3 Å². The minimum atomic E-state index is 0.319. The lowest BCUT2D eigenvalue weighted by Crippen LogP contribution is -2.12. The Morgan fingerprint density at radius 3 is 2.61 bits per heavy atom. The van der Waals surface area contributed by atoms with Crippen LogP contribution >= 0.6 is 12.2 Å². The summed E-state index contributed by atoms with van der Waals surface area (Å²) in [6.45, 7) is 0. The molecule has 0 unspecified atom stereocenters. The molecule has 0 saturated carbocycles. The largest absolute Gasteiger partial charge is 0.497 e. The first-order valence-electron chi connectivity index (χ1n) is 5.36. The van der Waals surface area contributed by atoms with Gasteiger partial charge in [0.05, 0.1) is 12.7 Å². The van der Waals surface area contributed by atoms with Crippen LogP contribution in [0.4, 0.5) is 11.5 Å². The highest BCUT2D eigenvalue weighted by Gasteiger charge is 2.05. The fourth-order valence-corrected chi connectivity index (χ4v) is 1.68. The molecule has 3 N–H and O–H groups in total. The van der Waals surface area contributed by atoms with E-state index in [4.69, 9.17) is 22.7 Å². The fourth-order valence-electron chi connectivity index (χ4n) is 1.51. The molecule has 0 atom stereocenters. The first-order chi connectivity index (χ1) is 8.70. The topological polar surface area (TPSA) is 60.2 Å². The number of pyridine rings is 1. The highest BCUT2D eigenvalue weighted by Crippen LogP contribution is 2.20. The zero-order valence-corrected chi connectivity index (χ0v) is 10.7.